The first-order chi connectivity index (χ1) is 10.00. The molecule has 4 nitrogen and oxygen atoms in total. The highest BCUT2D eigenvalue weighted by Gasteiger charge is 2.33. The maximum absolute atomic E-state index is 12.1. The van der Waals surface area contributed by atoms with Crippen LogP contribution in [0.2, 0.25) is 5.02 Å². The maximum atomic E-state index is 12.1. The number of hydrogen-bond acceptors (Lipinski definition) is 4. The zero-order valence-corrected chi connectivity index (χ0v) is 13.2. The van der Waals surface area contributed by atoms with E-state index in [1.165, 1.54) is 7.11 Å². The number of fused-ring (bicyclic) bond motifs is 1. The van der Waals surface area contributed by atoms with Crippen molar-refractivity contribution >= 4 is 34.2 Å². The summed E-state index contributed by atoms with van der Waals surface area (Å²) in [4.78, 5) is 16.4. The smallest absolute Gasteiger partial charge is 0.331 e. The van der Waals surface area contributed by atoms with Crippen LogP contribution in [-0.2, 0) is 9.53 Å². The molecule has 1 aromatic carbocycles. The van der Waals surface area contributed by atoms with Crippen LogP contribution in [0.1, 0.15) is 26.7 Å². The molecule has 0 aliphatic heterocycles. The third-order valence-corrected chi connectivity index (χ3v) is 3.74. The van der Waals surface area contributed by atoms with E-state index >= 15 is 0 Å². The molecule has 1 atom stereocenters. The molecule has 0 spiro atoms. The molecule has 1 N–H and O–H groups in total. The van der Waals surface area contributed by atoms with Gasteiger partial charge in [0, 0.05) is 22.3 Å². The quantitative estimate of drug-likeness (QED) is 0.847. The number of methoxy groups -OCH3 is 1. The summed E-state index contributed by atoms with van der Waals surface area (Å²) in [7, 11) is 1.41. The summed E-state index contributed by atoms with van der Waals surface area (Å²) in [5, 5.41) is 4.87. The van der Waals surface area contributed by atoms with Gasteiger partial charge in [0.1, 0.15) is 5.54 Å². The molecule has 1 aromatic heterocycles. The van der Waals surface area contributed by atoms with Crippen molar-refractivity contribution in [3.63, 3.8) is 0 Å². The Morgan fingerprint density at radius 1 is 1.43 bits per heavy atom. The summed E-state index contributed by atoms with van der Waals surface area (Å²) in [6.45, 7) is 3.89. The number of aromatic nitrogens is 1. The van der Waals surface area contributed by atoms with Crippen molar-refractivity contribution in [3.8, 4) is 0 Å². The van der Waals surface area contributed by atoms with Crippen molar-refractivity contribution < 1.29 is 9.53 Å². The van der Waals surface area contributed by atoms with Crippen LogP contribution < -0.4 is 5.32 Å². The molecule has 1 unspecified atom stereocenters. The SMILES string of the molecule is CCCC(C)(Nc1ccnc2cc(Cl)ccc12)C(=O)OC. The van der Waals surface area contributed by atoms with Gasteiger partial charge in [-0.25, -0.2) is 4.79 Å². The third kappa shape index (κ3) is 3.27. The number of nitrogens with one attached hydrogen (secondary N) is 1. The number of carbonyl (C=O) groups is 1. The average Bonchev–Trinajstić information content (AvgIpc) is 2.46. The zero-order valence-electron chi connectivity index (χ0n) is 12.4. The summed E-state index contributed by atoms with van der Waals surface area (Å²) >= 11 is 5.99. The molecule has 112 valence electrons. The van der Waals surface area contributed by atoms with Crippen LogP contribution in [0.25, 0.3) is 10.9 Å². The lowest BCUT2D eigenvalue weighted by atomic mass is 9.95. The molecule has 0 saturated heterocycles. The minimum absolute atomic E-state index is 0.275. The number of anilines is 1. The first-order valence-electron chi connectivity index (χ1n) is 6.91. The fourth-order valence-corrected chi connectivity index (χ4v) is 2.63. The van der Waals surface area contributed by atoms with Gasteiger partial charge in [0.05, 0.1) is 12.6 Å². The molecule has 0 radical (unpaired) electrons. The number of carbonyl (C=O) groups excluding carboxylic acids is 1. The monoisotopic (exact) mass is 306 g/mol. The molecular weight excluding hydrogens is 288 g/mol. The lowest BCUT2D eigenvalue weighted by Crippen LogP contribution is -2.44. The van der Waals surface area contributed by atoms with E-state index in [4.69, 9.17) is 16.3 Å². The highest BCUT2D eigenvalue weighted by atomic mass is 35.5. The Morgan fingerprint density at radius 2 is 2.19 bits per heavy atom. The molecule has 5 heteroatoms. The molecule has 21 heavy (non-hydrogen) atoms. The Kier molecular flexibility index (Phi) is 4.68. The Balaban J connectivity index is 2.44. The van der Waals surface area contributed by atoms with E-state index < -0.39 is 5.54 Å². The van der Waals surface area contributed by atoms with Crippen molar-refractivity contribution in [2.75, 3.05) is 12.4 Å². The molecule has 0 saturated carbocycles. The van der Waals surface area contributed by atoms with Crippen molar-refractivity contribution in [3.05, 3.63) is 35.5 Å². The van der Waals surface area contributed by atoms with E-state index in [-0.39, 0.29) is 5.97 Å². The number of hydrogen-bond donors (Lipinski definition) is 1. The minimum Gasteiger partial charge on any atom is -0.467 e. The Bertz CT molecular complexity index is 660. The number of rotatable bonds is 5. The molecule has 0 amide bonds. The van der Waals surface area contributed by atoms with E-state index in [9.17, 15) is 4.79 Å². The molecule has 2 rings (SSSR count). The Labute approximate surface area is 129 Å². The standard InChI is InChI=1S/C16H19ClN2O2/c1-4-8-16(2,15(20)21-3)19-13-7-9-18-14-10-11(17)5-6-12(13)14/h5-7,9-10H,4,8H2,1-3H3,(H,18,19). The largest absolute Gasteiger partial charge is 0.467 e. The zero-order chi connectivity index (χ0) is 15.5. The molecule has 2 aromatic rings. The lowest BCUT2D eigenvalue weighted by Gasteiger charge is -2.29. The number of halogens is 1. The number of ether oxygens (including phenoxy) is 1. The van der Waals surface area contributed by atoms with Gasteiger partial charge in [-0.15, -0.1) is 0 Å². The number of esters is 1. The molecule has 0 aliphatic rings. The lowest BCUT2D eigenvalue weighted by molar-refractivity contribution is -0.145. The van der Waals surface area contributed by atoms with E-state index in [2.05, 4.69) is 10.3 Å². The summed E-state index contributed by atoms with van der Waals surface area (Å²) < 4.78 is 4.93. The summed E-state index contributed by atoms with van der Waals surface area (Å²) in [5.41, 5.74) is 0.867. The van der Waals surface area contributed by atoms with Gasteiger partial charge in [-0.05, 0) is 37.6 Å². The number of nitrogens with zero attached hydrogens (tertiary/aromatic N) is 1. The van der Waals surface area contributed by atoms with Gasteiger partial charge in [0.25, 0.3) is 0 Å². The van der Waals surface area contributed by atoms with Gasteiger partial charge in [-0.2, -0.15) is 0 Å². The highest BCUT2D eigenvalue weighted by Crippen LogP contribution is 2.28. The van der Waals surface area contributed by atoms with Crippen LogP contribution in [0, 0.1) is 0 Å². The fourth-order valence-electron chi connectivity index (χ4n) is 2.47. The van der Waals surface area contributed by atoms with Crippen LogP contribution >= 0.6 is 11.6 Å². The second kappa shape index (κ2) is 6.31. The fraction of sp³-hybridized carbons (Fsp3) is 0.375. The van der Waals surface area contributed by atoms with Gasteiger partial charge in [-0.3, -0.25) is 4.98 Å². The van der Waals surface area contributed by atoms with Crippen molar-refractivity contribution in [1.82, 2.24) is 4.98 Å². The summed E-state index contributed by atoms with van der Waals surface area (Å²) in [6.07, 6.45) is 3.25. The Hall–Kier alpha value is -1.81. The number of pyridine rings is 1. The normalized spacial score (nSPS) is 13.7. The minimum atomic E-state index is -0.766. The topological polar surface area (TPSA) is 51.2 Å². The van der Waals surface area contributed by atoms with Crippen LogP contribution in [0.15, 0.2) is 30.5 Å². The van der Waals surface area contributed by atoms with Crippen LogP contribution in [0.5, 0.6) is 0 Å². The molecular formula is C16H19ClN2O2. The summed E-state index contributed by atoms with van der Waals surface area (Å²) in [5.74, 6) is -0.275. The second-order valence-corrected chi connectivity index (χ2v) is 5.66. The summed E-state index contributed by atoms with van der Waals surface area (Å²) in [6, 6.07) is 7.37. The van der Waals surface area contributed by atoms with Crippen molar-refractivity contribution in [1.29, 1.82) is 0 Å². The van der Waals surface area contributed by atoms with E-state index in [0.29, 0.717) is 11.4 Å². The van der Waals surface area contributed by atoms with Crippen LogP contribution in [0.4, 0.5) is 5.69 Å². The molecule has 1 heterocycles. The predicted octanol–water partition coefficient (Wildman–Crippen LogP) is 4.03. The van der Waals surface area contributed by atoms with E-state index in [1.54, 1.807) is 12.3 Å². The van der Waals surface area contributed by atoms with Crippen LogP contribution in [-0.4, -0.2) is 23.6 Å². The van der Waals surface area contributed by atoms with Crippen molar-refractivity contribution in [2.24, 2.45) is 0 Å². The molecule has 0 aliphatic carbocycles. The molecule has 0 bridgehead atoms. The van der Waals surface area contributed by atoms with Crippen LogP contribution in [0.3, 0.4) is 0 Å². The predicted molar refractivity (Wildman–Crippen MR) is 85.7 cm³/mol. The second-order valence-electron chi connectivity index (χ2n) is 5.22. The maximum Gasteiger partial charge on any atom is 0.331 e. The first kappa shape index (κ1) is 15.6. The van der Waals surface area contributed by atoms with Gasteiger partial charge in [0.15, 0.2) is 0 Å². The van der Waals surface area contributed by atoms with Gasteiger partial charge >= 0.3 is 5.97 Å². The van der Waals surface area contributed by atoms with Gasteiger partial charge in [0.2, 0.25) is 0 Å². The van der Waals surface area contributed by atoms with E-state index in [1.807, 2.05) is 32.0 Å². The Morgan fingerprint density at radius 3 is 2.86 bits per heavy atom. The highest BCUT2D eigenvalue weighted by molar-refractivity contribution is 6.31. The van der Waals surface area contributed by atoms with Gasteiger partial charge in [-0.1, -0.05) is 24.9 Å². The average molecular weight is 307 g/mol. The molecule has 0 fully saturated rings. The first-order valence-corrected chi connectivity index (χ1v) is 7.29. The third-order valence-electron chi connectivity index (χ3n) is 3.50. The number of benzene rings is 1. The van der Waals surface area contributed by atoms with Gasteiger partial charge < -0.3 is 10.1 Å². The van der Waals surface area contributed by atoms with Crippen molar-refractivity contribution in [2.45, 2.75) is 32.2 Å². The van der Waals surface area contributed by atoms with E-state index in [0.717, 1.165) is 23.0 Å².